The van der Waals surface area contributed by atoms with Crippen LogP contribution in [0.5, 0.6) is 0 Å². The summed E-state index contributed by atoms with van der Waals surface area (Å²) < 4.78 is 45.2. The van der Waals surface area contributed by atoms with Crippen LogP contribution in [0, 0.1) is 5.92 Å². The Morgan fingerprint density at radius 3 is 2.56 bits per heavy atom. The van der Waals surface area contributed by atoms with Crippen LogP contribution < -0.4 is 10.6 Å². The summed E-state index contributed by atoms with van der Waals surface area (Å²) in [7, 11) is 0. The van der Waals surface area contributed by atoms with Gasteiger partial charge < -0.3 is 15.1 Å². The zero-order valence-corrected chi connectivity index (χ0v) is 14.2. The lowest BCUT2D eigenvalue weighted by Crippen LogP contribution is -2.25. The molecule has 1 atom stereocenters. The van der Waals surface area contributed by atoms with Crippen molar-refractivity contribution in [1.82, 2.24) is 0 Å². The first-order valence-electron chi connectivity index (χ1n) is 8.36. The number of hydrogen-bond acceptors (Lipinski definition) is 3. The lowest BCUT2D eigenvalue weighted by molar-refractivity contribution is -0.137. The minimum absolute atomic E-state index is 0.0220. The molecule has 1 unspecified atom stereocenters. The molecule has 0 radical (unpaired) electrons. The van der Waals surface area contributed by atoms with Crippen LogP contribution in [0.1, 0.15) is 35.4 Å². The Hall–Kier alpha value is -3.03. The van der Waals surface area contributed by atoms with Gasteiger partial charge in [0, 0.05) is 11.6 Å². The van der Waals surface area contributed by atoms with E-state index in [1.54, 1.807) is 0 Å². The van der Waals surface area contributed by atoms with Gasteiger partial charge in [-0.05, 0) is 49.6 Å². The highest BCUT2D eigenvalue weighted by atomic mass is 19.4. The number of amides is 2. The smallest absolute Gasteiger partial charge is 0.418 e. The molecule has 0 bridgehead atoms. The second kappa shape index (κ2) is 7.69. The van der Waals surface area contributed by atoms with Gasteiger partial charge in [0.25, 0.3) is 5.91 Å². The molecule has 142 valence electrons. The van der Waals surface area contributed by atoms with Gasteiger partial charge in [-0.25, -0.2) is 0 Å². The van der Waals surface area contributed by atoms with Crippen LogP contribution in [-0.2, 0) is 11.0 Å². The van der Waals surface area contributed by atoms with Crippen molar-refractivity contribution >= 4 is 23.2 Å². The summed E-state index contributed by atoms with van der Waals surface area (Å²) in [6.45, 7) is 0. The van der Waals surface area contributed by atoms with E-state index in [1.165, 1.54) is 24.5 Å². The number of anilines is 2. The fraction of sp³-hybridized carbons (Fsp3) is 0.263. The first-order chi connectivity index (χ1) is 12.8. The third kappa shape index (κ3) is 4.58. The summed E-state index contributed by atoms with van der Waals surface area (Å²) in [4.78, 5) is 24.2. The largest absolute Gasteiger partial charge is 0.459 e. The first-order valence-corrected chi connectivity index (χ1v) is 8.36. The van der Waals surface area contributed by atoms with E-state index in [0.717, 1.165) is 18.6 Å². The molecule has 0 saturated carbocycles. The average Bonchev–Trinajstić information content (AvgIpc) is 3.17. The molecule has 8 heteroatoms. The molecule has 2 N–H and O–H groups in total. The predicted molar refractivity (Wildman–Crippen MR) is 93.2 cm³/mol. The minimum Gasteiger partial charge on any atom is -0.459 e. The number of halogens is 3. The molecular weight excluding hydrogens is 361 g/mol. The molecule has 1 aliphatic carbocycles. The van der Waals surface area contributed by atoms with Crippen molar-refractivity contribution in [3.63, 3.8) is 0 Å². The molecule has 0 saturated heterocycles. The lowest BCUT2D eigenvalue weighted by atomic mass is 9.93. The van der Waals surface area contributed by atoms with Gasteiger partial charge in [0.1, 0.15) is 0 Å². The van der Waals surface area contributed by atoms with Gasteiger partial charge in [-0.2, -0.15) is 13.2 Å². The van der Waals surface area contributed by atoms with E-state index in [-0.39, 0.29) is 23.1 Å². The first kappa shape index (κ1) is 18.8. The van der Waals surface area contributed by atoms with Crippen LogP contribution in [0.3, 0.4) is 0 Å². The van der Waals surface area contributed by atoms with Gasteiger partial charge in [0.15, 0.2) is 5.76 Å². The Kier molecular flexibility index (Phi) is 5.34. The number of allylic oxidation sites excluding steroid dienone is 2. The Morgan fingerprint density at radius 1 is 1.11 bits per heavy atom. The normalized spacial score (nSPS) is 16.8. The maximum atomic E-state index is 13.4. The second-order valence-corrected chi connectivity index (χ2v) is 6.16. The topological polar surface area (TPSA) is 71.3 Å². The highest BCUT2D eigenvalue weighted by Gasteiger charge is 2.35. The average molecular weight is 378 g/mol. The molecule has 1 aliphatic rings. The highest BCUT2D eigenvalue weighted by molar-refractivity contribution is 6.02. The van der Waals surface area contributed by atoms with Gasteiger partial charge in [0.05, 0.1) is 17.5 Å². The number of hydrogen-bond donors (Lipinski definition) is 2. The van der Waals surface area contributed by atoms with Gasteiger partial charge in [-0.1, -0.05) is 12.2 Å². The fourth-order valence-electron chi connectivity index (χ4n) is 2.83. The Bertz CT molecular complexity index is 858. The molecule has 3 rings (SSSR count). The van der Waals surface area contributed by atoms with E-state index < -0.39 is 23.6 Å². The summed E-state index contributed by atoms with van der Waals surface area (Å²) in [6.07, 6.45) is 2.22. The van der Waals surface area contributed by atoms with Crippen molar-refractivity contribution in [3.8, 4) is 0 Å². The standard InChI is InChI=1S/C19H17F3N2O3/c20-19(21,22)14-11-13(23-18(26)16-7-4-10-27-16)8-9-15(14)24-17(25)12-5-2-1-3-6-12/h1-2,4,7-12H,3,5-6H2,(H,23,26)(H,24,25). The number of nitrogens with one attached hydrogen (secondary N) is 2. The van der Waals surface area contributed by atoms with E-state index >= 15 is 0 Å². The van der Waals surface area contributed by atoms with Crippen LogP contribution >= 0.6 is 0 Å². The van der Waals surface area contributed by atoms with E-state index in [2.05, 4.69) is 10.6 Å². The summed E-state index contributed by atoms with van der Waals surface area (Å²) in [6, 6.07) is 6.11. The van der Waals surface area contributed by atoms with Gasteiger partial charge in [-0.3, -0.25) is 9.59 Å². The Balaban J connectivity index is 1.80. The van der Waals surface area contributed by atoms with Crippen LogP contribution in [0.2, 0.25) is 0 Å². The molecule has 0 spiro atoms. The number of carbonyl (C=O) groups is 2. The molecule has 2 aromatic rings. The van der Waals surface area contributed by atoms with Crippen molar-refractivity contribution in [1.29, 1.82) is 0 Å². The molecule has 2 amide bonds. The van der Waals surface area contributed by atoms with E-state index in [0.29, 0.717) is 12.8 Å². The molecule has 1 aromatic heterocycles. The van der Waals surface area contributed by atoms with Gasteiger partial charge in [-0.15, -0.1) is 0 Å². The zero-order chi connectivity index (χ0) is 19.4. The van der Waals surface area contributed by atoms with Crippen molar-refractivity contribution in [3.05, 3.63) is 60.1 Å². The monoisotopic (exact) mass is 378 g/mol. The molecule has 0 fully saturated rings. The van der Waals surface area contributed by atoms with E-state index in [9.17, 15) is 22.8 Å². The van der Waals surface area contributed by atoms with Gasteiger partial charge >= 0.3 is 6.18 Å². The minimum atomic E-state index is -4.69. The van der Waals surface area contributed by atoms with Crippen molar-refractivity contribution < 1.29 is 27.2 Å². The predicted octanol–water partition coefficient (Wildman–Crippen LogP) is 4.85. The quantitative estimate of drug-likeness (QED) is 0.748. The lowest BCUT2D eigenvalue weighted by Gasteiger charge is -2.20. The van der Waals surface area contributed by atoms with Crippen LogP contribution in [0.4, 0.5) is 24.5 Å². The van der Waals surface area contributed by atoms with Crippen LogP contribution in [0.25, 0.3) is 0 Å². The summed E-state index contributed by atoms with van der Waals surface area (Å²) in [5.74, 6) is -1.49. The molecule has 27 heavy (non-hydrogen) atoms. The maximum absolute atomic E-state index is 13.4. The second-order valence-electron chi connectivity index (χ2n) is 6.16. The SMILES string of the molecule is O=C(Nc1ccc(NC(=O)C2CC=CCC2)c(C(F)(F)F)c1)c1ccco1. The fourth-order valence-corrected chi connectivity index (χ4v) is 2.83. The summed E-state index contributed by atoms with van der Waals surface area (Å²) >= 11 is 0. The summed E-state index contributed by atoms with van der Waals surface area (Å²) in [5.41, 5.74) is -1.42. The van der Waals surface area contributed by atoms with E-state index in [4.69, 9.17) is 4.42 Å². The Morgan fingerprint density at radius 2 is 1.93 bits per heavy atom. The van der Waals surface area contributed by atoms with Crippen molar-refractivity contribution in [2.45, 2.75) is 25.4 Å². The van der Waals surface area contributed by atoms with Gasteiger partial charge in [0.2, 0.25) is 5.91 Å². The number of furan rings is 1. The molecule has 1 aromatic carbocycles. The number of alkyl halides is 3. The van der Waals surface area contributed by atoms with Crippen LogP contribution in [0.15, 0.2) is 53.2 Å². The van der Waals surface area contributed by atoms with Crippen LogP contribution in [-0.4, -0.2) is 11.8 Å². The van der Waals surface area contributed by atoms with Crippen molar-refractivity contribution in [2.24, 2.45) is 5.92 Å². The highest BCUT2D eigenvalue weighted by Crippen LogP contribution is 2.37. The Labute approximate surface area is 153 Å². The third-order valence-corrected chi connectivity index (χ3v) is 4.23. The molecule has 1 heterocycles. The van der Waals surface area contributed by atoms with E-state index in [1.807, 2.05) is 12.2 Å². The van der Waals surface area contributed by atoms with Crippen molar-refractivity contribution in [2.75, 3.05) is 10.6 Å². The zero-order valence-electron chi connectivity index (χ0n) is 14.2. The molecule has 0 aliphatic heterocycles. The molecule has 5 nitrogen and oxygen atoms in total. The maximum Gasteiger partial charge on any atom is 0.418 e. The number of carbonyl (C=O) groups excluding carboxylic acids is 2. The third-order valence-electron chi connectivity index (χ3n) is 4.23. The summed E-state index contributed by atoms with van der Waals surface area (Å²) in [5, 5.41) is 4.72. The molecular formula is C19H17F3N2O3. The number of rotatable bonds is 4. The number of benzene rings is 1.